The van der Waals surface area contributed by atoms with Crippen LogP contribution < -0.4 is 16.4 Å². The maximum Gasteiger partial charge on any atom is 0.251 e. The van der Waals surface area contributed by atoms with Gasteiger partial charge in [0.1, 0.15) is 0 Å². The van der Waals surface area contributed by atoms with E-state index in [2.05, 4.69) is 10.6 Å². The Morgan fingerprint density at radius 3 is 2.77 bits per heavy atom. The van der Waals surface area contributed by atoms with E-state index in [9.17, 15) is 9.59 Å². The molecule has 0 bridgehead atoms. The highest BCUT2D eigenvalue weighted by Crippen LogP contribution is 2.12. The van der Waals surface area contributed by atoms with Crippen LogP contribution in [-0.2, 0) is 16.1 Å². The van der Waals surface area contributed by atoms with Crippen LogP contribution in [0.5, 0.6) is 0 Å². The second kappa shape index (κ2) is 10.5. The molecule has 1 heterocycles. The SMILES string of the molecule is CCCC(C)(N)C(=O)NCc1cccc(C(=O)NCC2CCCO2)c1.Cl. The highest BCUT2D eigenvalue weighted by molar-refractivity contribution is 5.94. The fourth-order valence-corrected chi connectivity index (χ4v) is 2.95. The Kier molecular flexibility index (Phi) is 9.05. The Hall–Kier alpha value is -1.63. The second-order valence-corrected chi connectivity index (χ2v) is 6.90. The van der Waals surface area contributed by atoms with Gasteiger partial charge in [0.05, 0.1) is 11.6 Å². The largest absolute Gasteiger partial charge is 0.376 e. The van der Waals surface area contributed by atoms with Gasteiger partial charge in [-0.15, -0.1) is 12.4 Å². The van der Waals surface area contributed by atoms with Gasteiger partial charge in [-0.25, -0.2) is 0 Å². The van der Waals surface area contributed by atoms with E-state index in [4.69, 9.17) is 10.5 Å². The minimum atomic E-state index is -0.870. The second-order valence-electron chi connectivity index (χ2n) is 6.90. The molecule has 146 valence electrons. The van der Waals surface area contributed by atoms with Crippen molar-refractivity contribution in [1.82, 2.24) is 10.6 Å². The van der Waals surface area contributed by atoms with Gasteiger partial charge in [0, 0.05) is 25.3 Å². The molecule has 1 aliphatic heterocycles. The normalized spacial score (nSPS) is 18.5. The molecule has 2 atom stereocenters. The molecule has 2 amide bonds. The van der Waals surface area contributed by atoms with Gasteiger partial charge in [-0.1, -0.05) is 25.5 Å². The lowest BCUT2D eigenvalue weighted by molar-refractivity contribution is -0.126. The summed E-state index contributed by atoms with van der Waals surface area (Å²) in [6, 6.07) is 7.25. The Morgan fingerprint density at radius 1 is 1.35 bits per heavy atom. The van der Waals surface area contributed by atoms with Gasteiger partial charge in [-0.2, -0.15) is 0 Å². The molecule has 0 saturated carbocycles. The average molecular weight is 384 g/mol. The van der Waals surface area contributed by atoms with Crippen LogP contribution in [0.25, 0.3) is 0 Å². The first-order valence-corrected chi connectivity index (χ1v) is 8.98. The van der Waals surface area contributed by atoms with E-state index in [1.807, 2.05) is 19.1 Å². The first-order valence-electron chi connectivity index (χ1n) is 8.98. The standard InChI is InChI=1S/C19H29N3O3.ClH/c1-3-9-19(2,20)18(24)22-12-14-6-4-7-15(11-14)17(23)21-13-16-8-5-10-25-16;/h4,6-7,11,16H,3,5,8-10,12-13,20H2,1-2H3,(H,21,23)(H,22,24);1H. The van der Waals surface area contributed by atoms with Crippen LogP contribution in [0, 0.1) is 0 Å². The van der Waals surface area contributed by atoms with Crippen molar-refractivity contribution in [1.29, 1.82) is 0 Å². The van der Waals surface area contributed by atoms with Crippen LogP contribution in [0.2, 0.25) is 0 Å². The van der Waals surface area contributed by atoms with Gasteiger partial charge in [0.15, 0.2) is 0 Å². The van der Waals surface area contributed by atoms with Gasteiger partial charge in [-0.3, -0.25) is 9.59 Å². The van der Waals surface area contributed by atoms with Crippen molar-refractivity contribution in [2.24, 2.45) is 5.73 Å². The van der Waals surface area contributed by atoms with Gasteiger partial charge < -0.3 is 21.1 Å². The molecule has 1 aromatic carbocycles. The molecule has 0 aromatic heterocycles. The summed E-state index contributed by atoms with van der Waals surface area (Å²) < 4.78 is 5.51. The number of ether oxygens (including phenoxy) is 1. The Balaban J connectivity index is 0.00000338. The molecule has 7 heteroatoms. The molecule has 2 unspecified atom stereocenters. The molecule has 1 saturated heterocycles. The van der Waals surface area contributed by atoms with Crippen molar-refractivity contribution in [3.8, 4) is 0 Å². The third kappa shape index (κ3) is 6.59. The number of hydrogen-bond donors (Lipinski definition) is 3. The van der Waals surface area contributed by atoms with E-state index in [1.165, 1.54) is 0 Å². The minimum absolute atomic E-state index is 0. The lowest BCUT2D eigenvalue weighted by Gasteiger charge is -2.22. The predicted molar refractivity (Wildman–Crippen MR) is 104 cm³/mol. The zero-order chi connectivity index (χ0) is 18.3. The molecular formula is C19H30ClN3O3. The molecule has 4 N–H and O–H groups in total. The average Bonchev–Trinajstić information content (AvgIpc) is 3.11. The number of hydrogen-bond acceptors (Lipinski definition) is 4. The zero-order valence-electron chi connectivity index (χ0n) is 15.5. The van der Waals surface area contributed by atoms with Crippen molar-refractivity contribution >= 4 is 24.2 Å². The third-order valence-electron chi connectivity index (χ3n) is 4.44. The van der Waals surface area contributed by atoms with Crippen molar-refractivity contribution in [2.75, 3.05) is 13.2 Å². The fourth-order valence-electron chi connectivity index (χ4n) is 2.95. The number of carbonyl (C=O) groups excluding carboxylic acids is 2. The van der Waals surface area contributed by atoms with E-state index < -0.39 is 5.54 Å². The van der Waals surface area contributed by atoms with Gasteiger partial charge >= 0.3 is 0 Å². The lowest BCUT2D eigenvalue weighted by atomic mass is 9.96. The first-order chi connectivity index (χ1) is 11.9. The van der Waals surface area contributed by atoms with Gasteiger partial charge in [0.25, 0.3) is 5.91 Å². The van der Waals surface area contributed by atoms with Crippen LogP contribution in [0.1, 0.15) is 55.5 Å². The number of nitrogens with one attached hydrogen (secondary N) is 2. The van der Waals surface area contributed by atoms with Gasteiger partial charge in [-0.05, 0) is 43.9 Å². The van der Waals surface area contributed by atoms with Gasteiger partial charge in [0.2, 0.25) is 5.91 Å². The fraction of sp³-hybridized carbons (Fsp3) is 0.579. The molecule has 0 radical (unpaired) electrons. The van der Waals surface area contributed by atoms with E-state index in [1.54, 1.807) is 19.1 Å². The van der Waals surface area contributed by atoms with Crippen LogP contribution >= 0.6 is 12.4 Å². The number of carbonyl (C=O) groups is 2. The van der Waals surface area contributed by atoms with Crippen molar-refractivity contribution in [3.63, 3.8) is 0 Å². The molecule has 0 aliphatic carbocycles. The quantitative estimate of drug-likeness (QED) is 0.641. The molecule has 1 fully saturated rings. The zero-order valence-corrected chi connectivity index (χ0v) is 16.4. The smallest absolute Gasteiger partial charge is 0.251 e. The number of nitrogens with two attached hydrogens (primary N) is 1. The van der Waals surface area contributed by atoms with Crippen LogP contribution in [0.4, 0.5) is 0 Å². The lowest BCUT2D eigenvalue weighted by Crippen LogP contribution is -2.51. The van der Waals surface area contributed by atoms with Crippen molar-refractivity contribution < 1.29 is 14.3 Å². The predicted octanol–water partition coefficient (Wildman–Crippen LogP) is 2.15. The number of benzene rings is 1. The van der Waals surface area contributed by atoms with Crippen molar-refractivity contribution in [3.05, 3.63) is 35.4 Å². The topological polar surface area (TPSA) is 93.5 Å². The van der Waals surface area contributed by atoms with Crippen LogP contribution in [-0.4, -0.2) is 36.6 Å². The van der Waals surface area contributed by atoms with E-state index in [-0.39, 0.29) is 30.3 Å². The van der Waals surface area contributed by atoms with Crippen LogP contribution in [0.3, 0.4) is 0 Å². The first kappa shape index (κ1) is 22.4. The van der Waals surface area contributed by atoms with E-state index in [0.717, 1.165) is 31.4 Å². The highest BCUT2D eigenvalue weighted by Gasteiger charge is 2.26. The molecule has 6 nitrogen and oxygen atoms in total. The Morgan fingerprint density at radius 2 is 2.12 bits per heavy atom. The van der Waals surface area contributed by atoms with E-state index in [0.29, 0.717) is 25.1 Å². The molecule has 1 aromatic rings. The summed E-state index contributed by atoms with van der Waals surface area (Å²) in [4.78, 5) is 24.4. The summed E-state index contributed by atoms with van der Waals surface area (Å²) in [5.41, 5.74) is 6.60. The number of halogens is 1. The Bertz CT molecular complexity index is 601. The number of rotatable bonds is 8. The molecule has 26 heavy (non-hydrogen) atoms. The summed E-state index contributed by atoms with van der Waals surface area (Å²) in [5, 5.41) is 5.75. The maximum atomic E-state index is 12.3. The van der Waals surface area contributed by atoms with E-state index >= 15 is 0 Å². The number of amides is 2. The summed E-state index contributed by atoms with van der Waals surface area (Å²) in [6.07, 6.45) is 3.63. The molecule has 0 spiro atoms. The molecule has 1 aliphatic rings. The Labute approximate surface area is 161 Å². The summed E-state index contributed by atoms with van der Waals surface area (Å²) >= 11 is 0. The summed E-state index contributed by atoms with van der Waals surface area (Å²) in [7, 11) is 0. The summed E-state index contributed by atoms with van der Waals surface area (Å²) in [5.74, 6) is -0.305. The molecule has 2 rings (SSSR count). The maximum absolute atomic E-state index is 12.3. The van der Waals surface area contributed by atoms with Crippen LogP contribution in [0.15, 0.2) is 24.3 Å². The minimum Gasteiger partial charge on any atom is -0.376 e. The summed E-state index contributed by atoms with van der Waals surface area (Å²) in [6.45, 7) is 5.39. The monoisotopic (exact) mass is 383 g/mol. The van der Waals surface area contributed by atoms with Crippen molar-refractivity contribution in [2.45, 2.75) is 57.7 Å². The third-order valence-corrected chi connectivity index (χ3v) is 4.44. The highest BCUT2D eigenvalue weighted by atomic mass is 35.5. The molecular weight excluding hydrogens is 354 g/mol.